The molecule has 0 fully saturated rings. The molecule has 1 aliphatic rings. The molecule has 4 heteroatoms. The molecule has 0 amide bonds. The van der Waals surface area contributed by atoms with Gasteiger partial charge in [0.15, 0.2) is 0 Å². The SMILES string of the molecule is [2H]C1[C@H](CC)C[C@@H](C(=O)OC)c2[nH]c3ccccc3c2CCN1Cc1ccccc1. The molecule has 0 saturated carbocycles. The molecule has 0 radical (unpaired) electrons. The second kappa shape index (κ2) is 8.83. The number of hydrogen-bond acceptors (Lipinski definition) is 3. The Bertz CT molecular complexity index is 1000. The summed E-state index contributed by atoms with van der Waals surface area (Å²) < 4.78 is 14.2. The third-order valence-electron chi connectivity index (χ3n) is 6.04. The van der Waals surface area contributed by atoms with Crippen LogP contribution in [0.5, 0.6) is 0 Å². The van der Waals surface area contributed by atoms with Gasteiger partial charge in [-0.15, -0.1) is 0 Å². The Labute approximate surface area is 174 Å². The number of para-hydroxylation sites is 1. The number of methoxy groups -OCH3 is 1. The first-order chi connectivity index (χ1) is 14.6. The number of hydrogen-bond donors (Lipinski definition) is 1. The Hall–Kier alpha value is -2.59. The van der Waals surface area contributed by atoms with E-state index in [4.69, 9.17) is 6.11 Å². The minimum absolute atomic E-state index is 0.0789. The molecule has 1 unspecified atom stereocenters. The molecule has 3 atom stereocenters. The first kappa shape index (κ1) is 18.4. The van der Waals surface area contributed by atoms with E-state index in [1.165, 1.54) is 18.2 Å². The number of esters is 1. The van der Waals surface area contributed by atoms with Crippen molar-refractivity contribution < 1.29 is 10.9 Å². The largest absolute Gasteiger partial charge is 0.469 e. The van der Waals surface area contributed by atoms with Crippen molar-refractivity contribution in [3.8, 4) is 0 Å². The average Bonchev–Trinajstić information content (AvgIpc) is 3.16. The summed E-state index contributed by atoms with van der Waals surface area (Å²) in [6.07, 6.45) is 2.26. The van der Waals surface area contributed by atoms with Crippen LogP contribution in [-0.4, -0.2) is 36.0 Å². The maximum absolute atomic E-state index is 12.8. The minimum atomic E-state index is -0.369. The first-order valence-electron chi connectivity index (χ1n) is 11.1. The van der Waals surface area contributed by atoms with E-state index in [-0.39, 0.29) is 24.3 Å². The van der Waals surface area contributed by atoms with Crippen molar-refractivity contribution in [2.45, 2.75) is 38.6 Å². The van der Waals surface area contributed by atoms with E-state index in [0.29, 0.717) is 6.42 Å². The van der Waals surface area contributed by atoms with Crippen LogP contribution in [0.15, 0.2) is 54.6 Å². The second-order valence-electron chi connectivity index (χ2n) is 7.90. The summed E-state index contributed by atoms with van der Waals surface area (Å²) >= 11 is 0. The topological polar surface area (TPSA) is 45.3 Å². The molecule has 1 N–H and O–H groups in total. The predicted molar refractivity (Wildman–Crippen MR) is 117 cm³/mol. The van der Waals surface area contributed by atoms with Gasteiger partial charge in [0.1, 0.15) is 0 Å². The quantitative estimate of drug-likeness (QED) is 0.644. The molecular formula is C25H30N2O2. The van der Waals surface area contributed by atoms with Crippen molar-refractivity contribution in [3.63, 3.8) is 0 Å². The molecule has 0 bridgehead atoms. The zero-order valence-corrected chi connectivity index (χ0v) is 17.2. The molecule has 2 heterocycles. The summed E-state index contributed by atoms with van der Waals surface area (Å²) in [6, 6.07) is 18.6. The van der Waals surface area contributed by atoms with E-state index in [9.17, 15) is 4.79 Å². The van der Waals surface area contributed by atoms with Gasteiger partial charge in [0, 0.05) is 37.6 Å². The number of nitrogens with one attached hydrogen (secondary N) is 1. The van der Waals surface area contributed by atoms with Gasteiger partial charge in [-0.3, -0.25) is 9.69 Å². The highest BCUT2D eigenvalue weighted by molar-refractivity contribution is 5.88. The number of carbonyl (C=O) groups is 1. The van der Waals surface area contributed by atoms with Gasteiger partial charge in [0.2, 0.25) is 0 Å². The average molecular weight is 392 g/mol. The van der Waals surface area contributed by atoms with Gasteiger partial charge < -0.3 is 9.72 Å². The fraction of sp³-hybridized carbons (Fsp3) is 0.400. The zero-order valence-electron chi connectivity index (χ0n) is 18.2. The van der Waals surface area contributed by atoms with E-state index in [1.807, 2.05) is 30.3 Å². The van der Waals surface area contributed by atoms with E-state index >= 15 is 0 Å². The number of aromatic amines is 1. The number of aromatic nitrogens is 1. The molecule has 4 rings (SSSR count). The van der Waals surface area contributed by atoms with Crippen molar-refractivity contribution in [2.75, 3.05) is 20.2 Å². The number of benzene rings is 2. The predicted octanol–water partition coefficient (Wildman–Crippen LogP) is 4.90. The second-order valence-corrected chi connectivity index (χ2v) is 7.90. The number of nitrogens with zero attached hydrogens (tertiary/aromatic N) is 1. The monoisotopic (exact) mass is 391 g/mol. The molecule has 152 valence electrons. The van der Waals surface area contributed by atoms with Crippen molar-refractivity contribution in [3.05, 3.63) is 71.4 Å². The summed E-state index contributed by atoms with van der Waals surface area (Å²) in [5.41, 5.74) is 4.42. The van der Waals surface area contributed by atoms with Crippen LogP contribution in [0.2, 0.25) is 0 Å². The molecule has 0 saturated heterocycles. The molecule has 0 spiro atoms. The van der Waals surface area contributed by atoms with Gasteiger partial charge >= 0.3 is 5.97 Å². The summed E-state index contributed by atoms with van der Waals surface area (Å²) in [5.74, 6) is -0.507. The summed E-state index contributed by atoms with van der Waals surface area (Å²) in [4.78, 5) is 18.6. The fourth-order valence-corrected chi connectivity index (χ4v) is 4.48. The summed E-state index contributed by atoms with van der Waals surface area (Å²) in [7, 11) is 1.46. The highest BCUT2D eigenvalue weighted by atomic mass is 16.5. The standard InChI is InChI=1S/C25H30N2O2/c1-3-18-15-22(25(28)29-2)24-21(20-11-7-8-12-23(20)26-24)13-14-27(16-18)17-19-9-5-4-6-10-19/h4-12,18,22,26H,3,13-17H2,1-2H3/t18-,22-/m1/s1/i16D/t16?,18-,22-. The van der Waals surface area contributed by atoms with Crippen molar-refractivity contribution in [1.82, 2.24) is 9.88 Å². The highest BCUT2D eigenvalue weighted by Crippen LogP contribution is 2.35. The Morgan fingerprint density at radius 1 is 1.21 bits per heavy atom. The summed E-state index contributed by atoms with van der Waals surface area (Å²) in [6.45, 7) is 3.28. The Morgan fingerprint density at radius 3 is 2.72 bits per heavy atom. The normalized spacial score (nSPS) is 23.5. The van der Waals surface area contributed by atoms with Crippen LogP contribution in [0.25, 0.3) is 10.9 Å². The minimum Gasteiger partial charge on any atom is -0.469 e. The lowest BCUT2D eigenvalue weighted by atomic mass is 9.88. The Morgan fingerprint density at radius 2 is 1.97 bits per heavy atom. The first-order valence-corrected chi connectivity index (χ1v) is 10.5. The van der Waals surface area contributed by atoms with Crippen LogP contribution in [0.4, 0.5) is 0 Å². The van der Waals surface area contributed by atoms with E-state index in [2.05, 4.69) is 41.1 Å². The van der Waals surface area contributed by atoms with Crippen LogP contribution in [0.1, 0.15) is 43.9 Å². The maximum atomic E-state index is 12.8. The van der Waals surface area contributed by atoms with Gasteiger partial charge in [0.05, 0.1) is 13.0 Å². The number of ether oxygens (including phenoxy) is 1. The molecule has 4 nitrogen and oxygen atoms in total. The van der Waals surface area contributed by atoms with Gasteiger partial charge in [-0.05, 0) is 36.0 Å². The van der Waals surface area contributed by atoms with Crippen LogP contribution < -0.4 is 0 Å². The van der Waals surface area contributed by atoms with Crippen molar-refractivity contribution >= 4 is 16.9 Å². The molecular weight excluding hydrogens is 360 g/mol. The van der Waals surface area contributed by atoms with Gasteiger partial charge in [0.25, 0.3) is 0 Å². The van der Waals surface area contributed by atoms with Crippen molar-refractivity contribution in [1.29, 1.82) is 0 Å². The Kier molecular flexibility index (Phi) is 5.61. The number of H-pyrrole nitrogens is 1. The van der Waals surface area contributed by atoms with E-state index < -0.39 is 0 Å². The number of carbonyl (C=O) groups excluding carboxylic acids is 1. The van der Waals surface area contributed by atoms with Crippen LogP contribution in [-0.2, 0) is 22.5 Å². The number of fused-ring (bicyclic) bond motifs is 3. The fourth-order valence-electron chi connectivity index (χ4n) is 4.48. The lowest BCUT2D eigenvalue weighted by Gasteiger charge is -2.27. The zero-order chi connectivity index (χ0) is 21.1. The van der Waals surface area contributed by atoms with Crippen LogP contribution in [0, 0.1) is 5.92 Å². The van der Waals surface area contributed by atoms with Gasteiger partial charge in [-0.1, -0.05) is 61.9 Å². The lowest BCUT2D eigenvalue weighted by Crippen LogP contribution is -2.31. The van der Waals surface area contributed by atoms with Crippen molar-refractivity contribution in [2.24, 2.45) is 5.92 Å². The van der Waals surface area contributed by atoms with Crippen LogP contribution in [0.3, 0.4) is 0 Å². The van der Waals surface area contributed by atoms with Gasteiger partial charge in [-0.25, -0.2) is 0 Å². The smallest absolute Gasteiger partial charge is 0.314 e. The summed E-state index contributed by atoms with van der Waals surface area (Å²) in [5, 5.41) is 1.16. The lowest BCUT2D eigenvalue weighted by molar-refractivity contribution is -0.143. The maximum Gasteiger partial charge on any atom is 0.314 e. The van der Waals surface area contributed by atoms with E-state index in [1.54, 1.807) is 0 Å². The number of rotatable bonds is 4. The Balaban J connectivity index is 1.76. The third kappa shape index (κ3) is 4.23. The molecule has 1 aromatic heterocycles. The molecule has 3 aromatic rings. The molecule has 1 aliphatic heterocycles. The molecule has 2 aromatic carbocycles. The van der Waals surface area contributed by atoms with Gasteiger partial charge in [-0.2, -0.15) is 0 Å². The molecule has 0 aliphatic carbocycles. The molecule has 29 heavy (non-hydrogen) atoms. The highest BCUT2D eigenvalue weighted by Gasteiger charge is 2.31. The third-order valence-corrected chi connectivity index (χ3v) is 6.04. The van der Waals surface area contributed by atoms with Crippen LogP contribution >= 0.6 is 0 Å². The van der Waals surface area contributed by atoms with E-state index in [0.717, 1.165) is 42.5 Å².